The van der Waals surface area contributed by atoms with Gasteiger partial charge in [-0.2, -0.15) is 5.26 Å². The highest BCUT2D eigenvalue weighted by molar-refractivity contribution is 6.79. The van der Waals surface area contributed by atoms with Gasteiger partial charge in [0.15, 0.2) is 0 Å². The van der Waals surface area contributed by atoms with Crippen LogP contribution in [0.15, 0.2) is 30.3 Å². The van der Waals surface area contributed by atoms with E-state index in [1.165, 1.54) is 0 Å². The van der Waals surface area contributed by atoms with Gasteiger partial charge in [-0.25, -0.2) is 0 Å². The van der Waals surface area contributed by atoms with Crippen LogP contribution in [-0.2, 0) is 5.04 Å². The van der Waals surface area contributed by atoms with E-state index in [1.807, 2.05) is 30.3 Å². The highest BCUT2D eigenvalue weighted by Gasteiger charge is 2.45. The molecule has 0 amide bonds. The molecule has 0 aliphatic rings. The molecule has 5 heteroatoms. The van der Waals surface area contributed by atoms with E-state index in [2.05, 4.69) is 25.7 Å². The van der Waals surface area contributed by atoms with E-state index in [4.69, 9.17) is 10.0 Å². The van der Waals surface area contributed by atoms with Gasteiger partial charge in [0.05, 0.1) is 19.2 Å². The Morgan fingerprint density at radius 3 is 2.17 bits per heavy atom. The molecule has 1 aromatic carbocycles. The molecule has 0 aromatic heterocycles. The fourth-order valence-electron chi connectivity index (χ4n) is 2.31. The summed E-state index contributed by atoms with van der Waals surface area (Å²) in [5, 5.41) is 27.3. The standard InChI is InChI=1S/C13H20BNO2Si/c1-18(2,3)13(11-15,9-10-14(16)17)12-7-5-4-6-8-12/h4-8,16-17H,9-10H2,1-3H3. The van der Waals surface area contributed by atoms with Crippen LogP contribution < -0.4 is 0 Å². The van der Waals surface area contributed by atoms with E-state index in [0.717, 1.165) is 5.56 Å². The highest BCUT2D eigenvalue weighted by atomic mass is 28.3. The molecular formula is C13H20BNO2Si. The lowest BCUT2D eigenvalue weighted by atomic mass is 9.79. The second kappa shape index (κ2) is 5.70. The summed E-state index contributed by atoms with van der Waals surface area (Å²) in [7, 11) is -3.18. The van der Waals surface area contributed by atoms with Crippen LogP contribution in [0, 0.1) is 11.3 Å². The second-order valence-electron chi connectivity index (χ2n) is 5.65. The van der Waals surface area contributed by atoms with Gasteiger partial charge in [-0.05, 0) is 18.3 Å². The predicted octanol–water partition coefficient (Wildman–Crippen LogP) is 2.19. The molecule has 0 spiro atoms. The van der Waals surface area contributed by atoms with E-state index in [-0.39, 0.29) is 6.32 Å². The van der Waals surface area contributed by atoms with Gasteiger partial charge in [0.2, 0.25) is 0 Å². The Morgan fingerprint density at radius 2 is 1.78 bits per heavy atom. The zero-order valence-electron chi connectivity index (χ0n) is 11.2. The van der Waals surface area contributed by atoms with Crippen molar-refractivity contribution in [2.24, 2.45) is 0 Å². The molecular weight excluding hydrogens is 241 g/mol. The van der Waals surface area contributed by atoms with Gasteiger partial charge in [0.25, 0.3) is 0 Å². The van der Waals surface area contributed by atoms with Gasteiger partial charge in [0, 0.05) is 0 Å². The monoisotopic (exact) mass is 261 g/mol. The summed E-state index contributed by atoms with van der Waals surface area (Å²) >= 11 is 0. The fraction of sp³-hybridized carbons (Fsp3) is 0.462. The molecule has 0 aliphatic heterocycles. The molecule has 0 bridgehead atoms. The average Bonchev–Trinajstić information content (AvgIpc) is 2.29. The first-order valence-corrected chi connectivity index (χ1v) is 9.66. The lowest BCUT2D eigenvalue weighted by Crippen LogP contribution is -2.49. The lowest BCUT2D eigenvalue weighted by molar-refractivity contribution is 0.399. The largest absolute Gasteiger partial charge is 0.451 e. The van der Waals surface area contributed by atoms with E-state index >= 15 is 0 Å². The molecule has 1 aromatic rings. The van der Waals surface area contributed by atoms with Crippen LogP contribution in [0.2, 0.25) is 26.0 Å². The number of hydrogen-bond donors (Lipinski definition) is 2. The third kappa shape index (κ3) is 3.02. The Bertz CT molecular complexity index is 425. The van der Waals surface area contributed by atoms with Crippen LogP contribution in [0.4, 0.5) is 0 Å². The second-order valence-corrected chi connectivity index (χ2v) is 11.0. The maximum absolute atomic E-state index is 9.70. The lowest BCUT2D eigenvalue weighted by Gasteiger charge is -2.38. The first-order chi connectivity index (χ1) is 8.33. The molecule has 0 radical (unpaired) electrons. The van der Waals surface area contributed by atoms with Gasteiger partial charge in [-0.1, -0.05) is 50.0 Å². The molecule has 0 heterocycles. The van der Waals surface area contributed by atoms with Crippen molar-refractivity contribution in [1.29, 1.82) is 5.26 Å². The molecule has 0 saturated carbocycles. The quantitative estimate of drug-likeness (QED) is 0.798. The Morgan fingerprint density at radius 1 is 1.22 bits per heavy atom. The minimum absolute atomic E-state index is 0.229. The van der Waals surface area contributed by atoms with Crippen molar-refractivity contribution in [2.75, 3.05) is 0 Å². The fourth-order valence-corrected chi connectivity index (χ4v) is 4.57. The van der Waals surface area contributed by atoms with Crippen molar-refractivity contribution < 1.29 is 10.0 Å². The molecule has 0 saturated heterocycles. The number of benzene rings is 1. The van der Waals surface area contributed by atoms with Crippen molar-refractivity contribution in [1.82, 2.24) is 0 Å². The van der Waals surface area contributed by atoms with E-state index in [1.54, 1.807) is 0 Å². The Kier molecular flexibility index (Phi) is 4.74. The number of nitrogens with zero attached hydrogens (tertiary/aromatic N) is 1. The normalized spacial score (nSPS) is 14.7. The molecule has 2 N–H and O–H groups in total. The average molecular weight is 261 g/mol. The topological polar surface area (TPSA) is 64.2 Å². The van der Waals surface area contributed by atoms with Gasteiger partial charge >= 0.3 is 7.12 Å². The Balaban J connectivity index is 3.21. The van der Waals surface area contributed by atoms with E-state index in [9.17, 15) is 5.26 Å². The van der Waals surface area contributed by atoms with Crippen LogP contribution in [0.5, 0.6) is 0 Å². The summed E-state index contributed by atoms with van der Waals surface area (Å²) in [5.41, 5.74) is 0.993. The van der Waals surface area contributed by atoms with Gasteiger partial charge < -0.3 is 10.0 Å². The third-order valence-corrected chi connectivity index (χ3v) is 6.73. The minimum atomic E-state index is -1.83. The highest BCUT2D eigenvalue weighted by Crippen LogP contribution is 2.38. The third-order valence-electron chi connectivity index (χ3n) is 3.52. The van der Waals surface area contributed by atoms with Crippen molar-refractivity contribution in [3.05, 3.63) is 35.9 Å². The number of nitriles is 1. The SMILES string of the molecule is C[Si](C)(C)C(C#N)(CCB(O)O)c1ccccc1. The number of hydrogen-bond acceptors (Lipinski definition) is 3. The Labute approximate surface area is 110 Å². The predicted molar refractivity (Wildman–Crippen MR) is 76.7 cm³/mol. The maximum atomic E-state index is 9.70. The van der Waals surface area contributed by atoms with Gasteiger partial charge in [0.1, 0.15) is 0 Å². The van der Waals surface area contributed by atoms with Crippen LogP contribution in [0.25, 0.3) is 0 Å². The summed E-state index contributed by atoms with van der Waals surface area (Å²) < 4.78 is 0. The molecule has 0 fully saturated rings. The zero-order valence-corrected chi connectivity index (χ0v) is 12.2. The molecule has 18 heavy (non-hydrogen) atoms. The summed E-state index contributed by atoms with van der Waals surface area (Å²) in [5.74, 6) is 0. The smallest absolute Gasteiger partial charge is 0.427 e. The summed E-state index contributed by atoms with van der Waals surface area (Å²) in [6, 6.07) is 12.2. The van der Waals surface area contributed by atoms with Gasteiger partial charge in [-0.3, -0.25) is 0 Å². The van der Waals surface area contributed by atoms with Crippen molar-refractivity contribution in [3.8, 4) is 6.07 Å². The summed E-state index contributed by atoms with van der Waals surface area (Å²) in [6.07, 6.45) is 0.716. The Hall–Kier alpha value is -1.09. The zero-order chi connectivity index (χ0) is 13.8. The van der Waals surface area contributed by atoms with E-state index in [0.29, 0.717) is 6.42 Å². The molecule has 96 valence electrons. The van der Waals surface area contributed by atoms with Crippen LogP contribution in [0.3, 0.4) is 0 Å². The van der Waals surface area contributed by atoms with Crippen molar-refractivity contribution >= 4 is 15.2 Å². The summed E-state index contributed by atoms with van der Waals surface area (Å²) in [4.78, 5) is 0. The minimum Gasteiger partial charge on any atom is -0.427 e. The van der Waals surface area contributed by atoms with Crippen molar-refractivity contribution in [2.45, 2.75) is 37.4 Å². The molecule has 1 unspecified atom stereocenters. The maximum Gasteiger partial charge on any atom is 0.451 e. The summed E-state index contributed by atoms with van der Waals surface area (Å²) in [6.45, 7) is 6.44. The van der Waals surface area contributed by atoms with Crippen molar-refractivity contribution in [3.63, 3.8) is 0 Å². The number of rotatable bonds is 5. The first-order valence-electron chi connectivity index (χ1n) is 6.16. The molecule has 3 nitrogen and oxygen atoms in total. The van der Waals surface area contributed by atoms with Crippen LogP contribution in [0.1, 0.15) is 12.0 Å². The molecule has 1 rings (SSSR count). The molecule has 1 atom stereocenters. The van der Waals surface area contributed by atoms with Crippen LogP contribution in [-0.4, -0.2) is 25.2 Å². The molecule has 0 aliphatic carbocycles. The van der Waals surface area contributed by atoms with Crippen LogP contribution >= 0.6 is 0 Å². The van der Waals surface area contributed by atoms with Gasteiger partial charge in [-0.15, -0.1) is 0 Å². The first kappa shape index (κ1) is 15.0. The van der Waals surface area contributed by atoms with E-state index < -0.39 is 20.2 Å².